The molecule has 0 saturated carbocycles. The monoisotopic (exact) mass is 205 g/mol. The molecule has 0 atom stereocenters. The number of allylic oxidation sites excluding steroid dienone is 3. The van der Waals surface area contributed by atoms with Gasteiger partial charge in [-0.15, -0.1) is 0 Å². The lowest BCUT2D eigenvalue weighted by molar-refractivity contribution is 0.407. The van der Waals surface area contributed by atoms with E-state index < -0.39 is 10.9 Å². The first-order chi connectivity index (χ1) is 7.24. The number of hydrogen-bond donors (Lipinski definition) is 1. The highest BCUT2D eigenvalue weighted by atomic mass is 16.5. The van der Waals surface area contributed by atoms with Crippen LogP contribution in [-0.2, 0) is 0 Å². The van der Waals surface area contributed by atoms with Crippen LogP contribution in [0.2, 0.25) is 0 Å². The van der Waals surface area contributed by atoms with Crippen molar-refractivity contribution in [2.24, 2.45) is 0 Å². The zero-order valence-corrected chi connectivity index (χ0v) is 8.37. The van der Waals surface area contributed by atoms with Crippen LogP contribution in [0.5, 0.6) is 5.75 Å². The van der Waals surface area contributed by atoms with Crippen LogP contribution in [0.1, 0.15) is 6.42 Å². The Hall–Kier alpha value is -1.84. The molecule has 0 unspecified atom stereocenters. The zero-order valence-electron chi connectivity index (χ0n) is 8.37. The summed E-state index contributed by atoms with van der Waals surface area (Å²) in [6.07, 6.45) is 6.89. The molecule has 1 aliphatic carbocycles. The van der Waals surface area contributed by atoms with Crippen molar-refractivity contribution in [2.75, 3.05) is 19.0 Å². The predicted octanol–water partition coefficient (Wildman–Crippen LogP) is 0.589. The first-order valence-electron chi connectivity index (χ1n) is 4.69. The molecular formula is C11H11NO3. The highest BCUT2D eigenvalue weighted by molar-refractivity contribution is 5.62. The molecule has 0 aromatic heterocycles. The van der Waals surface area contributed by atoms with Crippen LogP contribution in [0, 0.1) is 0 Å². The number of anilines is 1. The molecule has 4 nitrogen and oxygen atoms in total. The third kappa shape index (κ3) is 1.58. The van der Waals surface area contributed by atoms with Crippen LogP contribution in [-0.4, -0.2) is 13.7 Å². The van der Waals surface area contributed by atoms with Gasteiger partial charge >= 0.3 is 0 Å². The van der Waals surface area contributed by atoms with Gasteiger partial charge in [-0.3, -0.25) is 9.59 Å². The summed E-state index contributed by atoms with van der Waals surface area (Å²) in [5, 5.41) is 2.92. The maximum absolute atomic E-state index is 11.2. The van der Waals surface area contributed by atoms with Crippen LogP contribution < -0.4 is 20.9 Å². The Labute approximate surface area is 86.6 Å². The average Bonchev–Trinajstić information content (AvgIpc) is 2.75. The number of hydrogen-bond acceptors (Lipinski definition) is 4. The molecule has 0 aliphatic heterocycles. The topological polar surface area (TPSA) is 55.4 Å². The molecule has 0 amide bonds. The van der Waals surface area contributed by atoms with E-state index in [1.54, 1.807) is 0 Å². The maximum Gasteiger partial charge on any atom is 0.271 e. The highest BCUT2D eigenvalue weighted by Gasteiger charge is 2.21. The fraction of sp³-hybridized carbons (Fsp3) is 0.273. The molecule has 4 heteroatoms. The quantitative estimate of drug-likeness (QED) is 0.731. The fourth-order valence-electron chi connectivity index (χ4n) is 1.55. The second-order valence-electron chi connectivity index (χ2n) is 3.38. The molecular weight excluding hydrogens is 194 g/mol. The molecule has 15 heavy (non-hydrogen) atoms. The summed E-state index contributed by atoms with van der Waals surface area (Å²) in [6.45, 7) is 0.578. The summed E-state index contributed by atoms with van der Waals surface area (Å²) < 4.78 is 4.81. The number of methoxy groups -OCH3 is 1. The molecule has 1 aromatic carbocycles. The summed E-state index contributed by atoms with van der Waals surface area (Å²) in [5.41, 5.74) is 0.456. The van der Waals surface area contributed by atoms with Crippen molar-refractivity contribution in [2.45, 2.75) is 6.42 Å². The first-order valence-corrected chi connectivity index (χ1v) is 4.69. The third-order valence-corrected chi connectivity index (χ3v) is 2.41. The lowest BCUT2D eigenvalue weighted by Gasteiger charge is -2.11. The minimum Gasteiger partial charge on any atom is -0.491 e. The summed E-state index contributed by atoms with van der Waals surface area (Å²) in [4.78, 5) is 22.2. The molecule has 0 radical (unpaired) electrons. The Balaban J connectivity index is 2.03. The van der Waals surface area contributed by atoms with E-state index in [9.17, 15) is 9.59 Å². The van der Waals surface area contributed by atoms with Crippen molar-refractivity contribution in [3.63, 3.8) is 0 Å². The van der Waals surface area contributed by atoms with E-state index in [2.05, 4.69) is 5.32 Å². The minimum absolute atomic E-state index is 0.145. The minimum atomic E-state index is -0.543. The van der Waals surface area contributed by atoms with Crippen molar-refractivity contribution in [3.05, 3.63) is 44.2 Å². The predicted molar refractivity (Wildman–Crippen MR) is 58.2 cm³/mol. The molecule has 1 aromatic rings. The first kappa shape index (κ1) is 9.71. The van der Waals surface area contributed by atoms with Gasteiger partial charge in [-0.1, -0.05) is 18.2 Å². The average molecular weight is 205 g/mol. The Morgan fingerprint density at radius 3 is 2.80 bits per heavy atom. The summed E-state index contributed by atoms with van der Waals surface area (Å²) in [6, 6.07) is 0. The summed E-state index contributed by atoms with van der Waals surface area (Å²) in [7, 11) is 1.39. The van der Waals surface area contributed by atoms with E-state index in [0.717, 1.165) is 6.42 Å². The summed E-state index contributed by atoms with van der Waals surface area (Å²) >= 11 is 0. The molecule has 1 N–H and O–H groups in total. The SMILES string of the molecule is COc1c(NCC2=CC=CC2)c(=O)c1=O. The van der Waals surface area contributed by atoms with Gasteiger partial charge in [0.25, 0.3) is 10.9 Å². The van der Waals surface area contributed by atoms with E-state index in [-0.39, 0.29) is 5.75 Å². The molecule has 0 fully saturated rings. The van der Waals surface area contributed by atoms with Crippen molar-refractivity contribution in [3.8, 4) is 5.75 Å². The van der Waals surface area contributed by atoms with Crippen LogP contribution in [0.4, 0.5) is 5.69 Å². The molecule has 0 spiro atoms. The van der Waals surface area contributed by atoms with Gasteiger partial charge in [0.15, 0.2) is 5.75 Å². The number of nitrogens with one attached hydrogen (secondary N) is 1. The normalized spacial score (nSPS) is 14.3. The molecule has 78 valence electrons. The molecule has 1 aliphatic rings. The van der Waals surface area contributed by atoms with Gasteiger partial charge in [0, 0.05) is 6.54 Å². The van der Waals surface area contributed by atoms with Crippen LogP contribution in [0.15, 0.2) is 33.4 Å². The van der Waals surface area contributed by atoms with Gasteiger partial charge in [0.05, 0.1) is 7.11 Å². The fourth-order valence-corrected chi connectivity index (χ4v) is 1.55. The molecule has 0 heterocycles. The van der Waals surface area contributed by atoms with E-state index in [0.29, 0.717) is 12.2 Å². The number of rotatable bonds is 4. The second kappa shape index (κ2) is 3.73. The Kier molecular flexibility index (Phi) is 2.41. The van der Waals surface area contributed by atoms with E-state index in [4.69, 9.17) is 4.74 Å². The molecule has 0 bridgehead atoms. The van der Waals surface area contributed by atoms with Gasteiger partial charge in [-0.05, 0) is 12.0 Å². The highest BCUT2D eigenvalue weighted by Crippen LogP contribution is 2.18. The van der Waals surface area contributed by atoms with Crippen molar-refractivity contribution in [1.29, 1.82) is 0 Å². The van der Waals surface area contributed by atoms with Crippen molar-refractivity contribution in [1.82, 2.24) is 0 Å². The van der Waals surface area contributed by atoms with Crippen molar-refractivity contribution >= 4 is 5.69 Å². The van der Waals surface area contributed by atoms with E-state index in [1.165, 1.54) is 12.7 Å². The van der Waals surface area contributed by atoms with E-state index >= 15 is 0 Å². The largest absolute Gasteiger partial charge is 0.491 e. The summed E-state index contributed by atoms with van der Waals surface area (Å²) in [5.74, 6) is 0.145. The lowest BCUT2D eigenvalue weighted by atomic mass is 10.2. The third-order valence-electron chi connectivity index (χ3n) is 2.41. The van der Waals surface area contributed by atoms with E-state index in [1.807, 2.05) is 18.2 Å². The maximum atomic E-state index is 11.2. The van der Waals surface area contributed by atoms with Crippen molar-refractivity contribution < 1.29 is 4.74 Å². The Bertz CT molecular complexity index is 504. The van der Waals surface area contributed by atoms with Gasteiger partial charge in [0.2, 0.25) is 0 Å². The lowest BCUT2D eigenvalue weighted by Crippen LogP contribution is -2.35. The molecule has 2 rings (SSSR count). The number of ether oxygens (including phenoxy) is 1. The van der Waals surface area contributed by atoms with Crippen LogP contribution in [0.25, 0.3) is 0 Å². The smallest absolute Gasteiger partial charge is 0.271 e. The van der Waals surface area contributed by atoms with Gasteiger partial charge in [-0.25, -0.2) is 0 Å². The standard InChI is InChI=1S/C11H11NO3/c1-15-11-8(9(13)10(11)14)12-6-7-4-2-3-5-7/h2-4,12H,5-6H2,1H3. The second-order valence-corrected chi connectivity index (χ2v) is 3.38. The van der Waals surface area contributed by atoms with Gasteiger partial charge in [0.1, 0.15) is 5.69 Å². The van der Waals surface area contributed by atoms with Crippen LogP contribution in [0.3, 0.4) is 0 Å². The molecule has 0 saturated heterocycles. The Morgan fingerprint density at radius 1 is 1.40 bits per heavy atom. The van der Waals surface area contributed by atoms with Gasteiger partial charge in [-0.2, -0.15) is 0 Å². The van der Waals surface area contributed by atoms with Gasteiger partial charge < -0.3 is 10.1 Å². The van der Waals surface area contributed by atoms with Crippen LogP contribution >= 0.6 is 0 Å². The zero-order chi connectivity index (χ0) is 10.8. The Morgan fingerprint density at radius 2 is 2.20 bits per heavy atom.